The molecule has 1 aromatic carbocycles. The van der Waals surface area contributed by atoms with Crippen LogP contribution in [-0.4, -0.2) is 54.7 Å². The van der Waals surface area contributed by atoms with E-state index >= 15 is 0 Å². The highest BCUT2D eigenvalue weighted by atomic mass is 16.2. The van der Waals surface area contributed by atoms with Gasteiger partial charge in [-0.2, -0.15) is 0 Å². The first kappa shape index (κ1) is 17.7. The number of nitrogens with zero attached hydrogens (tertiary/aromatic N) is 2. The standard InChI is InChI=1S/C19H28N2O2/c1-3-20(4-2)13-10-18(23)21-14-11-19(16-22,12-15-21)17-8-6-5-7-9-17/h5-9,16H,3-4,10-15H2,1-2H3. The van der Waals surface area contributed by atoms with Crippen LogP contribution in [0.4, 0.5) is 0 Å². The summed E-state index contributed by atoms with van der Waals surface area (Å²) in [4.78, 5) is 28.3. The van der Waals surface area contributed by atoms with E-state index in [9.17, 15) is 9.59 Å². The van der Waals surface area contributed by atoms with Crippen LogP contribution in [0.3, 0.4) is 0 Å². The molecule has 1 fully saturated rings. The maximum atomic E-state index is 12.4. The third kappa shape index (κ3) is 4.20. The summed E-state index contributed by atoms with van der Waals surface area (Å²) < 4.78 is 0. The van der Waals surface area contributed by atoms with Crippen LogP contribution < -0.4 is 0 Å². The van der Waals surface area contributed by atoms with E-state index in [1.807, 2.05) is 35.2 Å². The summed E-state index contributed by atoms with van der Waals surface area (Å²) in [6, 6.07) is 9.96. The first-order valence-electron chi connectivity index (χ1n) is 8.67. The van der Waals surface area contributed by atoms with Gasteiger partial charge >= 0.3 is 0 Å². The number of hydrogen-bond acceptors (Lipinski definition) is 3. The summed E-state index contributed by atoms with van der Waals surface area (Å²) in [6.07, 6.45) is 3.09. The summed E-state index contributed by atoms with van der Waals surface area (Å²) in [5.41, 5.74) is 0.655. The summed E-state index contributed by atoms with van der Waals surface area (Å²) in [6.45, 7) is 8.35. The van der Waals surface area contributed by atoms with E-state index in [0.717, 1.165) is 44.3 Å². The molecule has 0 saturated carbocycles. The van der Waals surface area contributed by atoms with Crippen LogP contribution in [-0.2, 0) is 15.0 Å². The number of benzene rings is 1. The van der Waals surface area contributed by atoms with Crippen molar-refractivity contribution in [3.8, 4) is 0 Å². The predicted octanol–water partition coefficient (Wildman–Crippen LogP) is 2.48. The Morgan fingerprint density at radius 2 is 1.78 bits per heavy atom. The molecule has 1 heterocycles. The van der Waals surface area contributed by atoms with Crippen molar-refractivity contribution in [1.82, 2.24) is 9.80 Å². The Balaban J connectivity index is 1.92. The van der Waals surface area contributed by atoms with E-state index in [1.165, 1.54) is 0 Å². The maximum Gasteiger partial charge on any atom is 0.223 e. The SMILES string of the molecule is CCN(CC)CCC(=O)N1CCC(C=O)(c2ccccc2)CC1. The van der Waals surface area contributed by atoms with Gasteiger partial charge in [0.2, 0.25) is 5.91 Å². The van der Waals surface area contributed by atoms with Gasteiger partial charge in [-0.05, 0) is 31.5 Å². The van der Waals surface area contributed by atoms with Crippen molar-refractivity contribution in [2.45, 2.75) is 38.5 Å². The quantitative estimate of drug-likeness (QED) is 0.726. The van der Waals surface area contributed by atoms with Gasteiger partial charge in [-0.25, -0.2) is 0 Å². The normalized spacial score (nSPS) is 17.3. The number of piperidine rings is 1. The lowest BCUT2D eigenvalue weighted by Gasteiger charge is -2.38. The maximum absolute atomic E-state index is 12.4. The molecule has 0 radical (unpaired) electrons. The van der Waals surface area contributed by atoms with Gasteiger partial charge in [-0.15, -0.1) is 0 Å². The number of rotatable bonds is 7. The summed E-state index contributed by atoms with van der Waals surface area (Å²) in [5, 5.41) is 0. The topological polar surface area (TPSA) is 40.6 Å². The zero-order valence-electron chi connectivity index (χ0n) is 14.3. The highest BCUT2D eigenvalue weighted by molar-refractivity contribution is 5.77. The van der Waals surface area contributed by atoms with Crippen molar-refractivity contribution in [3.63, 3.8) is 0 Å². The average Bonchev–Trinajstić information content (AvgIpc) is 2.63. The van der Waals surface area contributed by atoms with E-state index < -0.39 is 5.41 Å². The second kappa shape index (κ2) is 8.25. The van der Waals surface area contributed by atoms with Crippen molar-refractivity contribution in [1.29, 1.82) is 0 Å². The van der Waals surface area contributed by atoms with E-state index in [1.54, 1.807) is 0 Å². The molecule has 0 atom stereocenters. The molecule has 0 aliphatic carbocycles. The molecule has 1 aliphatic rings. The van der Waals surface area contributed by atoms with Crippen molar-refractivity contribution in [2.75, 3.05) is 32.7 Å². The zero-order chi connectivity index (χ0) is 16.7. The third-order valence-electron chi connectivity index (χ3n) is 5.12. The molecule has 1 aromatic rings. The molecule has 1 saturated heterocycles. The first-order valence-corrected chi connectivity index (χ1v) is 8.67. The highest BCUT2D eigenvalue weighted by Crippen LogP contribution is 2.33. The lowest BCUT2D eigenvalue weighted by Crippen LogP contribution is -2.46. The highest BCUT2D eigenvalue weighted by Gasteiger charge is 2.37. The fraction of sp³-hybridized carbons (Fsp3) is 0.579. The molecule has 0 bridgehead atoms. The Kier molecular flexibility index (Phi) is 6.34. The molecular formula is C19H28N2O2. The van der Waals surface area contributed by atoms with Crippen LogP contribution in [0.1, 0.15) is 38.7 Å². The van der Waals surface area contributed by atoms with Crippen LogP contribution in [0.2, 0.25) is 0 Å². The van der Waals surface area contributed by atoms with Gasteiger partial charge in [-0.3, -0.25) is 4.79 Å². The lowest BCUT2D eigenvalue weighted by atomic mass is 9.74. The van der Waals surface area contributed by atoms with Gasteiger partial charge in [0.25, 0.3) is 0 Å². The van der Waals surface area contributed by atoms with Crippen LogP contribution in [0.5, 0.6) is 0 Å². The van der Waals surface area contributed by atoms with Gasteiger partial charge < -0.3 is 14.6 Å². The fourth-order valence-corrected chi connectivity index (χ4v) is 3.35. The van der Waals surface area contributed by atoms with Crippen LogP contribution in [0.15, 0.2) is 30.3 Å². The van der Waals surface area contributed by atoms with Crippen molar-refractivity contribution >= 4 is 12.2 Å². The average molecular weight is 316 g/mol. The van der Waals surface area contributed by atoms with Crippen molar-refractivity contribution < 1.29 is 9.59 Å². The van der Waals surface area contributed by atoms with Gasteiger partial charge in [0, 0.05) is 26.1 Å². The Hall–Kier alpha value is -1.68. The molecular weight excluding hydrogens is 288 g/mol. The number of carbonyl (C=O) groups excluding carboxylic acids is 2. The minimum absolute atomic E-state index is 0.212. The molecule has 1 aliphatic heterocycles. The van der Waals surface area contributed by atoms with Crippen LogP contribution in [0, 0.1) is 0 Å². The second-order valence-corrected chi connectivity index (χ2v) is 6.30. The Bertz CT molecular complexity index is 503. The Labute approximate surface area is 139 Å². The number of carbonyl (C=O) groups is 2. The van der Waals surface area contributed by atoms with E-state index in [2.05, 4.69) is 18.7 Å². The minimum atomic E-state index is -0.420. The molecule has 23 heavy (non-hydrogen) atoms. The van der Waals surface area contributed by atoms with E-state index in [4.69, 9.17) is 0 Å². The molecule has 0 unspecified atom stereocenters. The monoisotopic (exact) mass is 316 g/mol. The summed E-state index contributed by atoms with van der Waals surface area (Å²) in [5.74, 6) is 0.212. The molecule has 4 heteroatoms. The van der Waals surface area contributed by atoms with Gasteiger partial charge in [0.1, 0.15) is 6.29 Å². The van der Waals surface area contributed by atoms with E-state index in [-0.39, 0.29) is 5.91 Å². The molecule has 0 spiro atoms. The molecule has 0 N–H and O–H groups in total. The summed E-state index contributed by atoms with van der Waals surface area (Å²) >= 11 is 0. The van der Waals surface area contributed by atoms with Crippen LogP contribution >= 0.6 is 0 Å². The second-order valence-electron chi connectivity index (χ2n) is 6.30. The number of hydrogen-bond donors (Lipinski definition) is 0. The Morgan fingerprint density at radius 1 is 1.17 bits per heavy atom. The van der Waals surface area contributed by atoms with Crippen LogP contribution in [0.25, 0.3) is 0 Å². The number of aldehydes is 1. The van der Waals surface area contributed by atoms with Gasteiger partial charge in [0.15, 0.2) is 0 Å². The Morgan fingerprint density at radius 3 is 2.30 bits per heavy atom. The van der Waals surface area contributed by atoms with Gasteiger partial charge in [0.05, 0.1) is 5.41 Å². The molecule has 4 nitrogen and oxygen atoms in total. The molecule has 2 rings (SSSR count). The summed E-state index contributed by atoms with van der Waals surface area (Å²) in [7, 11) is 0. The minimum Gasteiger partial charge on any atom is -0.343 e. The van der Waals surface area contributed by atoms with Gasteiger partial charge in [-0.1, -0.05) is 44.2 Å². The predicted molar refractivity (Wildman–Crippen MR) is 92.4 cm³/mol. The molecule has 126 valence electrons. The van der Waals surface area contributed by atoms with Crippen molar-refractivity contribution in [2.24, 2.45) is 0 Å². The number of likely N-dealkylation sites (tertiary alicyclic amines) is 1. The molecule has 0 aromatic heterocycles. The molecule has 1 amide bonds. The van der Waals surface area contributed by atoms with E-state index in [0.29, 0.717) is 19.5 Å². The van der Waals surface area contributed by atoms with Crippen molar-refractivity contribution in [3.05, 3.63) is 35.9 Å². The largest absolute Gasteiger partial charge is 0.343 e. The number of amides is 1. The fourth-order valence-electron chi connectivity index (χ4n) is 3.35. The third-order valence-corrected chi connectivity index (χ3v) is 5.12. The first-order chi connectivity index (χ1) is 11.1. The smallest absolute Gasteiger partial charge is 0.223 e. The zero-order valence-corrected chi connectivity index (χ0v) is 14.3. The lowest BCUT2D eigenvalue weighted by molar-refractivity contribution is -0.134.